The molecule has 0 aliphatic carbocycles. The van der Waals surface area contributed by atoms with Gasteiger partial charge in [0.05, 0.1) is 0 Å². The summed E-state index contributed by atoms with van der Waals surface area (Å²) >= 11 is 3.38. The van der Waals surface area contributed by atoms with Crippen LogP contribution in [0.2, 0.25) is 0 Å². The molecule has 0 heterocycles. The van der Waals surface area contributed by atoms with Crippen molar-refractivity contribution in [1.29, 1.82) is 0 Å². The predicted molar refractivity (Wildman–Crippen MR) is 74.7 cm³/mol. The monoisotopic (exact) mass is 301 g/mol. The van der Waals surface area contributed by atoms with Crippen LogP contribution in [0.5, 0.6) is 0 Å². The van der Waals surface area contributed by atoms with E-state index in [9.17, 15) is 4.39 Å². The molecule has 2 atom stereocenters. The normalized spacial score (nSPS) is 14.6. The second-order valence-corrected chi connectivity index (χ2v) is 5.66. The van der Waals surface area contributed by atoms with Gasteiger partial charge in [0.25, 0.3) is 0 Å². The van der Waals surface area contributed by atoms with Crippen LogP contribution in [-0.2, 0) is 6.42 Å². The highest BCUT2D eigenvalue weighted by Gasteiger charge is 2.11. The summed E-state index contributed by atoms with van der Waals surface area (Å²) < 4.78 is 14.5. The van der Waals surface area contributed by atoms with E-state index in [1.807, 2.05) is 6.07 Å². The minimum absolute atomic E-state index is 0.101. The van der Waals surface area contributed by atoms with Crippen LogP contribution in [0.3, 0.4) is 0 Å². The minimum Gasteiger partial charge on any atom is -0.315 e. The Kier molecular flexibility index (Phi) is 6.14. The van der Waals surface area contributed by atoms with Gasteiger partial charge in [-0.15, -0.1) is 0 Å². The van der Waals surface area contributed by atoms with Crippen LogP contribution in [0, 0.1) is 11.7 Å². The fourth-order valence-corrected chi connectivity index (χ4v) is 2.60. The van der Waals surface area contributed by atoms with Crippen molar-refractivity contribution >= 4 is 15.9 Å². The van der Waals surface area contributed by atoms with Gasteiger partial charge in [-0.25, -0.2) is 4.39 Å². The number of hydrogen-bond donors (Lipinski definition) is 1. The number of hydrogen-bond acceptors (Lipinski definition) is 1. The summed E-state index contributed by atoms with van der Waals surface area (Å²) in [6, 6.07) is 5.64. The molecule has 1 rings (SSSR count). The summed E-state index contributed by atoms with van der Waals surface area (Å²) in [4.78, 5) is 0. The lowest BCUT2D eigenvalue weighted by molar-refractivity contribution is 0.421. The summed E-state index contributed by atoms with van der Waals surface area (Å²) in [5, 5.41) is 3.39. The van der Waals surface area contributed by atoms with E-state index in [1.165, 1.54) is 6.07 Å². The fraction of sp³-hybridized carbons (Fsp3) is 0.571. The fourth-order valence-electron chi connectivity index (χ4n) is 2.19. The van der Waals surface area contributed by atoms with E-state index < -0.39 is 0 Å². The standard InChI is InChI=1S/C14H21BrFN/c1-4-17-11(3)7-10(2)8-12-9-13(15)5-6-14(12)16/h5-6,9-11,17H,4,7-8H2,1-3H3. The van der Waals surface area contributed by atoms with Gasteiger partial charge in [-0.05, 0) is 56.0 Å². The third-order valence-electron chi connectivity index (χ3n) is 2.88. The first-order valence-electron chi connectivity index (χ1n) is 6.20. The molecule has 0 amide bonds. The van der Waals surface area contributed by atoms with Crippen molar-refractivity contribution in [2.75, 3.05) is 6.54 Å². The Labute approximate surface area is 112 Å². The highest BCUT2D eigenvalue weighted by Crippen LogP contribution is 2.20. The van der Waals surface area contributed by atoms with E-state index in [0.717, 1.165) is 29.4 Å². The molecule has 0 saturated heterocycles. The van der Waals surface area contributed by atoms with Crippen LogP contribution in [0.1, 0.15) is 32.8 Å². The summed E-state index contributed by atoms with van der Waals surface area (Å²) in [7, 11) is 0. The molecule has 0 radical (unpaired) electrons. The molecular weight excluding hydrogens is 281 g/mol. The number of benzene rings is 1. The molecule has 0 bridgehead atoms. The third kappa shape index (κ3) is 5.17. The average Bonchev–Trinajstić information content (AvgIpc) is 2.23. The second kappa shape index (κ2) is 7.12. The molecule has 0 aliphatic rings. The lowest BCUT2D eigenvalue weighted by atomic mass is 9.95. The van der Waals surface area contributed by atoms with E-state index in [2.05, 4.69) is 42.0 Å². The van der Waals surface area contributed by atoms with E-state index in [-0.39, 0.29) is 5.82 Å². The summed E-state index contributed by atoms with van der Waals surface area (Å²) in [6.45, 7) is 7.44. The van der Waals surface area contributed by atoms with E-state index >= 15 is 0 Å². The summed E-state index contributed by atoms with van der Waals surface area (Å²) in [5.74, 6) is 0.379. The van der Waals surface area contributed by atoms with E-state index in [4.69, 9.17) is 0 Å². The zero-order valence-electron chi connectivity index (χ0n) is 10.8. The Hall–Kier alpha value is -0.410. The van der Waals surface area contributed by atoms with Gasteiger partial charge in [0.2, 0.25) is 0 Å². The Morgan fingerprint density at radius 3 is 2.71 bits per heavy atom. The van der Waals surface area contributed by atoms with Gasteiger partial charge in [0.1, 0.15) is 5.82 Å². The minimum atomic E-state index is -0.101. The average molecular weight is 302 g/mol. The van der Waals surface area contributed by atoms with Crippen LogP contribution in [0.15, 0.2) is 22.7 Å². The summed E-state index contributed by atoms with van der Waals surface area (Å²) in [6.07, 6.45) is 1.86. The quantitative estimate of drug-likeness (QED) is 0.832. The predicted octanol–water partition coefficient (Wildman–Crippen LogP) is 4.15. The van der Waals surface area contributed by atoms with Gasteiger partial charge in [-0.3, -0.25) is 0 Å². The molecule has 0 saturated carbocycles. The molecule has 1 aromatic carbocycles. The molecule has 1 aromatic rings. The second-order valence-electron chi connectivity index (χ2n) is 4.74. The van der Waals surface area contributed by atoms with Gasteiger partial charge in [0.15, 0.2) is 0 Å². The molecule has 0 aliphatic heterocycles. The Morgan fingerprint density at radius 2 is 2.06 bits per heavy atom. The van der Waals surface area contributed by atoms with Crippen LogP contribution in [0.25, 0.3) is 0 Å². The maximum atomic E-state index is 13.6. The highest BCUT2D eigenvalue weighted by atomic mass is 79.9. The molecule has 0 spiro atoms. The lowest BCUT2D eigenvalue weighted by Gasteiger charge is -2.18. The van der Waals surface area contributed by atoms with Gasteiger partial charge < -0.3 is 5.32 Å². The molecule has 1 nitrogen and oxygen atoms in total. The zero-order chi connectivity index (χ0) is 12.8. The number of rotatable bonds is 6. The maximum Gasteiger partial charge on any atom is 0.126 e. The Morgan fingerprint density at radius 1 is 1.35 bits per heavy atom. The smallest absolute Gasteiger partial charge is 0.126 e. The van der Waals surface area contributed by atoms with Crippen molar-refractivity contribution in [1.82, 2.24) is 5.32 Å². The molecule has 0 fully saturated rings. The molecule has 1 N–H and O–H groups in total. The largest absolute Gasteiger partial charge is 0.315 e. The molecule has 17 heavy (non-hydrogen) atoms. The van der Waals surface area contributed by atoms with Gasteiger partial charge in [-0.2, -0.15) is 0 Å². The van der Waals surface area contributed by atoms with Crippen LogP contribution >= 0.6 is 15.9 Å². The first-order valence-corrected chi connectivity index (χ1v) is 6.99. The van der Waals surface area contributed by atoms with Crippen LogP contribution in [0.4, 0.5) is 4.39 Å². The van der Waals surface area contributed by atoms with Crippen molar-refractivity contribution in [2.45, 2.75) is 39.7 Å². The highest BCUT2D eigenvalue weighted by molar-refractivity contribution is 9.10. The van der Waals surface area contributed by atoms with Crippen molar-refractivity contribution < 1.29 is 4.39 Å². The maximum absolute atomic E-state index is 13.6. The van der Waals surface area contributed by atoms with Crippen LogP contribution in [-0.4, -0.2) is 12.6 Å². The lowest BCUT2D eigenvalue weighted by Crippen LogP contribution is -2.27. The van der Waals surface area contributed by atoms with Crippen LogP contribution < -0.4 is 5.32 Å². The van der Waals surface area contributed by atoms with Crippen molar-refractivity contribution in [3.05, 3.63) is 34.1 Å². The Balaban J connectivity index is 2.55. The summed E-state index contributed by atoms with van der Waals surface area (Å²) in [5.41, 5.74) is 0.801. The first kappa shape index (κ1) is 14.7. The van der Waals surface area contributed by atoms with E-state index in [1.54, 1.807) is 6.07 Å². The topological polar surface area (TPSA) is 12.0 Å². The number of nitrogens with one attached hydrogen (secondary N) is 1. The molecule has 0 aromatic heterocycles. The molecule has 3 heteroatoms. The van der Waals surface area contributed by atoms with Gasteiger partial charge in [0, 0.05) is 10.5 Å². The third-order valence-corrected chi connectivity index (χ3v) is 3.38. The molecular formula is C14H21BrFN. The first-order chi connectivity index (χ1) is 8.02. The van der Waals surface area contributed by atoms with Crippen molar-refractivity contribution in [2.24, 2.45) is 5.92 Å². The Bertz CT molecular complexity index is 354. The van der Waals surface area contributed by atoms with Gasteiger partial charge >= 0.3 is 0 Å². The molecule has 96 valence electrons. The van der Waals surface area contributed by atoms with E-state index in [0.29, 0.717) is 12.0 Å². The molecule has 2 unspecified atom stereocenters. The SMILES string of the molecule is CCNC(C)CC(C)Cc1cc(Br)ccc1F. The van der Waals surface area contributed by atoms with Gasteiger partial charge in [-0.1, -0.05) is 29.8 Å². The zero-order valence-corrected chi connectivity index (χ0v) is 12.3. The van der Waals surface area contributed by atoms with Crippen molar-refractivity contribution in [3.63, 3.8) is 0 Å². The van der Waals surface area contributed by atoms with Crippen molar-refractivity contribution in [3.8, 4) is 0 Å². The number of halogens is 2.